The molecule has 0 aliphatic carbocycles. The molecule has 0 aliphatic rings. The van der Waals surface area contributed by atoms with Gasteiger partial charge in [-0.15, -0.1) is 10.2 Å². The minimum Gasteiger partial charge on any atom is -0.497 e. The van der Waals surface area contributed by atoms with Crippen LogP contribution in [0.5, 0.6) is 11.5 Å². The average Bonchev–Trinajstić information content (AvgIpc) is 3.10. The number of rotatable bonds is 6. The zero-order chi connectivity index (χ0) is 16.9. The molecule has 0 saturated carbocycles. The molecule has 0 atom stereocenters. The van der Waals surface area contributed by atoms with Crippen LogP contribution in [-0.4, -0.2) is 34.4 Å². The molecule has 0 amide bonds. The standard InChI is InChI=1S/C18H20N4O2/c1-4-13-5-7-14(8-6-13)18-19-21-22(20-18)12-15-11-16(23-2)9-10-17(15)24-3/h5-11H,4,12H2,1-3H3. The SMILES string of the molecule is CCc1ccc(-c2nnn(Cc3cc(OC)ccc3OC)n2)cc1. The zero-order valence-electron chi connectivity index (χ0n) is 14.1. The van der Waals surface area contributed by atoms with E-state index in [0.29, 0.717) is 12.4 Å². The minimum atomic E-state index is 0.459. The van der Waals surface area contributed by atoms with E-state index in [4.69, 9.17) is 9.47 Å². The van der Waals surface area contributed by atoms with Crippen LogP contribution in [0.2, 0.25) is 0 Å². The van der Waals surface area contributed by atoms with E-state index in [-0.39, 0.29) is 0 Å². The van der Waals surface area contributed by atoms with Crippen molar-refractivity contribution in [2.24, 2.45) is 0 Å². The first kappa shape index (κ1) is 16.0. The maximum atomic E-state index is 5.39. The number of hydrogen-bond acceptors (Lipinski definition) is 5. The van der Waals surface area contributed by atoms with Crippen molar-refractivity contribution in [3.63, 3.8) is 0 Å². The second kappa shape index (κ2) is 7.12. The van der Waals surface area contributed by atoms with Crippen molar-refractivity contribution in [3.8, 4) is 22.9 Å². The summed E-state index contributed by atoms with van der Waals surface area (Å²) in [4.78, 5) is 1.56. The van der Waals surface area contributed by atoms with E-state index < -0.39 is 0 Å². The smallest absolute Gasteiger partial charge is 0.204 e. The maximum absolute atomic E-state index is 5.39. The second-order valence-corrected chi connectivity index (χ2v) is 5.37. The largest absolute Gasteiger partial charge is 0.497 e. The summed E-state index contributed by atoms with van der Waals surface area (Å²) in [7, 11) is 3.28. The quantitative estimate of drug-likeness (QED) is 0.697. The van der Waals surface area contributed by atoms with Crippen LogP contribution in [0, 0.1) is 0 Å². The Kier molecular flexibility index (Phi) is 4.74. The van der Waals surface area contributed by atoms with Gasteiger partial charge in [0, 0.05) is 11.1 Å². The van der Waals surface area contributed by atoms with Crippen LogP contribution in [-0.2, 0) is 13.0 Å². The summed E-state index contributed by atoms with van der Waals surface area (Å²) in [5.41, 5.74) is 3.17. The lowest BCUT2D eigenvalue weighted by molar-refractivity contribution is 0.395. The van der Waals surface area contributed by atoms with Gasteiger partial charge >= 0.3 is 0 Å². The van der Waals surface area contributed by atoms with Gasteiger partial charge in [0.1, 0.15) is 11.5 Å². The highest BCUT2D eigenvalue weighted by molar-refractivity contribution is 5.54. The van der Waals surface area contributed by atoms with Crippen LogP contribution in [0.25, 0.3) is 11.4 Å². The summed E-state index contributed by atoms with van der Waals surface area (Å²) in [6.45, 7) is 2.59. The molecule has 3 rings (SSSR count). The Balaban J connectivity index is 1.83. The Morgan fingerprint density at radius 1 is 1.00 bits per heavy atom. The number of tetrazole rings is 1. The molecule has 1 heterocycles. The summed E-state index contributed by atoms with van der Waals surface area (Å²) in [5.74, 6) is 2.14. The fraction of sp³-hybridized carbons (Fsp3) is 0.278. The van der Waals surface area contributed by atoms with Gasteiger partial charge in [-0.1, -0.05) is 31.2 Å². The molecule has 0 N–H and O–H groups in total. The molecular weight excluding hydrogens is 304 g/mol. The number of hydrogen-bond donors (Lipinski definition) is 0. The molecule has 0 aliphatic heterocycles. The Labute approximate surface area is 141 Å². The van der Waals surface area contributed by atoms with Crippen molar-refractivity contribution < 1.29 is 9.47 Å². The van der Waals surface area contributed by atoms with Crippen LogP contribution >= 0.6 is 0 Å². The van der Waals surface area contributed by atoms with E-state index in [1.807, 2.05) is 30.3 Å². The first-order valence-corrected chi connectivity index (χ1v) is 7.81. The number of aromatic nitrogens is 4. The van der Waals surface area contributed by atoms with Crippen LogP contribution in [0.15, 0.2) is 42.5 Å². The van der Waals surface area contributed by atoms with Crippen LogP contribution in [0.4, 0.5) is 0 Å². The predicted molar refractivity (Wildman–Crippen MR) is 91.3 cm³/mol. The first-order chi connectivity index (χ1) is 11.7. The molecule has 0 spiro atoms. The van der Waals surface area contributed by atoms with Crippen LogP contribution in [0.1, 0.15) is 18.1 Å². The predicted octanol–water partition coefficient (Wildman–Crippen LogP) is 2.97. The minimum absolute atomic E-state index is 0.459. The lowest BCUT2D eigenvalue weighted by Gasteiger charge is -2.09. The van der Waals surface area contributed by atoms with Gasteiger partial charge in [0.05, 0.1) is 20.8 Å². The van der Waals surface area contributed by atoms with Crippen molar-refractivity contribution in [2.75, 3.05) is 14.2 Å². The summed E-state index contributed by atoms with van der Waals surface area (Å²) in [6, 6.07) is 13.9. The fourth-order valence-electron chi connectivity index (χ4n) is 2.47. The van der Waals surface area contributed by atoms with Gasteiger partial charge in [0.15, 0.2) is 0 Å². The number of methoxy groups -OCH3 is 2. The highest BCUT2D eigenvalue weighted by atomic mass is 16.5. The third kappa shape index (κ3) is 3.37. The van der Waals surface area contributed by atoms with Gasteiger partial charge in [0.2, 0.25) is 5.82 Å². The van der Waals surface area contributed by atoms with Crippen molar-refractivity contribution in [3.05, 3.63) is 53.6 Å². The Morgan fingerprint density at radius 2 is 1.79 bits per heavy atom. The van der Waals surface area contributed by atoms with Gasteiger partial charge in [0.25, 0.3) is 0 Å². The monoisotopic (exact) mass is 324 g/mol. The third-order valence-corrected chi connectivity index (χ3v) is 3.87. The fourth-order valence-corrected chi connectivity index (χ4v) is 2.47. The van der Waals surface area contributed by atoms with Gasteiger partial charge in [-0.05, 0) is 35.4 Å². The highest BCUT2D eigenvalue weighted by Gasteiger charge is 2.10. The zero-order valence-corrected chi connectivity index (χ0v) is 14.1. The molecule has 0 saturated heterocycles. The van der Waals surface area contributed by atoms with E-state index >= 15 is 0 Å². The molecular formula is C18H20N4O2. The molecule has 2 aromatic carbocycles. The number of nitrogens with zero attached hydrogens (tertiary/aromatic N) is 4. The molecule has 3 aromatic rings. The first-order valence-electron chi connectivity index (χ1n) is 7.81. The molecule has 1 aromatic heterocycles. The van der Waals surface area contributed by atoms with Crippen molar-refractivity contribution in [1.29, 1.82) is 0 Å². The molecule has 0 bridgehead atoms. The van der Waals surface area contributed by atoms with Gasteiger partial charge in [-0.3, -0.25) is 0 Å². The van der Waals surface area contributed by atoms with Crippen LogP contribution < -0.4 is 9.47 Å². The van der Waals surface area contributed by atoms with Gasteiger partial charge < -0.3 is 9.47 Å². The summed E-state index contributed by atoms with van der Waals surface area (Å²) >= 11 is 0. The second-order valence-electron chi connectivity index (χ2n) is 5.37. The molecule has 0 radical (unpaired) electrons. The topological polar surface area (TPSA) is 62.1 Å². The molecule has 6 heteroatoms. The van der Waals surface area contributed by atoms with Crippen molar-refractivity contribution in [2.45, 2.75) is 19.9 Å². The Hall–Kier alpha value is -2.89. The van der Waals surface area contributed by atoms with Gasteiger partial charge in [-0.2, -0.15) is 4.80 Å². The normalized spacial score (nSPS) is 10.6. The van der Waals surface area contributed by atoms with E-state index in [9.17, 15) is 0 Å². The molecule has 0 unspecified atom stereocenters. The maximum Gasteiger partial charge on any atom is 0.204 e. The van der Waals surface area contributed by atoms with E-state index in [1.165, 1.54) is 5.56 Å². The molecule has 124 valence electrons. The van der Waals surface area contributed by atoms with E-state index in [2.05, 4.69) is 34.5 Å². The summed E-state index contributed by atoms with van der Waals surface area (Å²) in [6.07, 6.45) is 1.01. The summed E-state index contributed by atoms with van der Waals surface area (Å²) < 4.78 is 10.7. The van der Waals surface area contributed by atoms with Crippen LogP contribution in [0.3, 0.4) is 0 Å². The van der Waals surface area contributed by atoms with Crippen molar-refractivity contribution >= 4 is 0 Å². The van der Waals surface area contributed by atoms with Crippen molar-refractivity contribution in [1.82, 2.24) is 20.2 Å². The van der Waals surface area contributed by atoms with Gasteiger partial charge in [-0.25, -0.2) is 0 Å². The number of aryl methyl sites for hydroxylation is 1. The Morgan fingerprint density at radius 3 is 2.46 bits per heavy atom. The molecule has 6 nitrogen and oxygen atoms in total. The lowest BCUT2D eigenvalue weighted by atomic mass is 10.1. The van der Waals surface area contributed by atoms with E-state index in [1.54, 1.807) is 19.0 Å². The summed E-state index contributed by atoms with van der Waals surface area (Å²) in [5, 5.41) is 12.7. The lowest BCUT2D eigenvalue weighted by Crippen LogP contribution is -2.06. The third-order valence-electron chi connectivity index (χ3n) is 3.87. The highest BCUT2D eigenvalue weighted by Crippen LogP contribution is 2.24. The molecule has 24 heavy (non-hydrogen) atoms. The number of ether oxygens (including phenoxy) is 2. The number of benzene rings is 2. The molecule has 0 fully saturated rings. The Bertz CT molecular complexity index is 812. The average molecular weight is 324 g/mol. The van der Waals surface area contributed by atoms with E-state index in [0.717, 1.165) is 29.0 Å².